The van der Waals surface area contributed by atoms with Gasteiger partial charge in [-0.2, -0.15) is 0 Å². The van der Waals surface area contributed by atoms with Crippen LogP contribution in [0.25, 0.3) is 0 Å². The minimum atomic E-state index is -0.621. The number of nitro benzene ring substituents is 1. The number of aryl methyl sites for hydroxylation is 1. The molecule has 0 heterocycles. The predicted octanol–water partition coefficient (Wildman–Crippen LogP) is 3.62. The SMILES string of the molecule is Cc1ccc(Br)cc1C(=O)Nc1ccc([N+](=O)[O-])cc1O. The third-order valence-corrected chi connectivity index (χ3v) is 3.38. The Morgan fingerprint density at radius 2 is 2.00 bits per heavy atom. The van der Waals surface area contributed by atoms with Crippen LogP contribution < -0.4 is 5.32 Å². The third-order valence-electron chi connectivity index (χ3n) is 2.88. The summed E-state index contributed by atoms with van der Waals surface area (Å²) in [4.78, 5) is 22.2. The Kier molecular flexibility index (Phi) is 4.23. The minimum Gasteiger partial charge on any atom is -0.506 e. The molecule has 2 N–H and O–H groups in total. The number of halogens is 1. The van der Waals surface area contributed by atoms with Gasteiger partial charge in [-0.25, -0.2) is 0 Å². The predicted molar refractivity (Wildman–Crippen MR) is 81.6 cm³/mol. The molecular formula is C14H11BrN2O4. The van der Waals surface area contributed by atoms with Gasteiger partial charge in [-0.05, 0) is 30.7 Å². The first kappa shape index (κ1) is 15.0. The lowest BCUT2D eigenvalue weighted by atomic mass is 10.1. The number of phenolic OH excluding ortho intramolecular Hbond substituents is 1. The van der Waals surface area contributed by atoms with Crippen LogP contribution in [0.2, 0.25) is 0 Å². The molecule has 21 heavy (non-hydrogen) atoms. The van der Waals surface area contributed by atoms with Crippen LogP contribution in [-0.4, -0.2) is 15.9 Å². The van der Waals surface area contributed by atoms with Gasteiger partial charge in [0.1, 0.15) is 5.75 Å². The molecule has 0 atom stereocenters. The molecule has 0 saturated carbocycles. The largest absolute Gasteiger partial charge is 0.506 e. The summed E-state index contributed by atoms with van der Waals surface area (Å²) in [6, 6.07) is 8.75. The maximum atomic E-state index is 12.2. The number of nitro groups is 1. The van der Waals surface area contributed by atoms with E-state index in [4.69, 9.17) is 0 Å². The molecule has 0 aromatic heterocycles. The molecule has 2 aromatic rings. The molecule has 2 rings (SSSR count). The van der Waals surface area contributed by atoms with Crippen molar-refractivity contribution in [1.82, 2.24) is 0 Å². The van der Waals surface area contributed by atoms with Crippen molar-refractivity contribution in [2.75, 3.05) is 5.32 Å². The number of benzene rings is 2. The molecule has 7 heteroatoms. The lowest BCUT2D eigenvalue weighted by Gasteiger charge is -2.09. The molecule has 6 nitrogen and oxygen atoms in total. The minimum absolute atomic E-state index is 0.116. The normalized spacial score (nSPS) is 10.2. The van der Waals surface area contributed by atoms with E-state index in [1.54, 1.807) is 19.1 Å². The molecule has 0 fully saturated rings. The van der Waals surface area contributed by atoms with Crippen LogP contribution in [0.5, 0.6) is 5.75 Å². The summed E-state index contributed by atoms with van der Waals surface area (Å²) in [5.41, 5.74) is 1.09. The zero-order valence-electron chi connectivity index (χ0n) is 11.0. The van der Waals surface area contributed by atoms with Gasteiger partial charge in [0.25, 0.3) is 11.6 Å². The summed E-state index contributed by atoms with van der Waals surface area (Å²) in [6.45, 7) is 1.79. The number of anilines is 1. The molecule has 0 aliphatic rings. The van der Waals surface area contributed by atoms with E-state index >= 15 is 0 Å². The van der Waals surface area contributed by atoms with E-state index in [-0.39, 0.29) is 17.1 Å². The highest BCUT2D eigenvalue weighted by Gasteiger charge is 2.14. The summed E-state index contributed by atoms with van der Waals surface area (Å²) >= 11 is 3.29. The zero-order chi connectivity index (χ0) is 15.6. The number of aromatic hydroxyl groups is 1. The molecule has 0 radical (unpaired) electrons. The van der Waals surface area contributed by atoms with Gasteiger partial charge in [0.05, 0.1) is 16.7 Å². The smallest absolute Gasteiger partial charge is 0.273 e. The van der Waals surface area contributed by atoms with E-state index in [1.165, 1.54) is 12.1 Å². The molecule has 0 aliphatic heterocycles. The van der Waals surface area contributed by atoms with Crippen LogP contribution >= 0.6 is 15.9 Å². The Balaban J connectivity index is 2.27. The van der Waals surface area contributed by atoms with Crippen LogP contribution in [0.3, 0.4) is 0 Å². The van der Waals surface area contributed by atoms with Crippen molar-refractivity contribution >= 4 is 33.2 Å². The van der Waals surface area contributed by atoms with Gasteiger partial charge in [-0.15, -0.1) is 0 Å². The van der Waals surface area contributed by atoms with Crippen LogP contribution in [0.1, 0.15) is 15.9 Å². The molecule has 0 aliphatic carbocycles. The second-order valence-corrected chi connectivity index (χ2v) is 5.29. The summed E-state index contributed by atoms with van der Waals surface area (Å²) in [5, 5.41) is 22.9. The quantitative estimate of drug-likeness (QED) is 0.502. The number of rotatable bonds is 3. The molecule has 0 bridgehead atoms. The summed E-state index contributed by atoms with van der Waals surface area (Å²) in [5.74, 6) is -0.761. The number of amides is 1. The summed E-state index contributed by atoms with van der Waals surface area (Å²) in [7, 11) is 0. The first-order valence-electron chi connectivity index (χ1n) is 5.93. The van der Waals surface area contributed by atoms with Gasteiger partial charge in [-0.3, -0.25) is 14.9 Å². The number of carbonyl (C=O) groups excluding carboxylic acids is 1. The number of phenols is 1. The Labute approximate surface area is 128 Å². The molecule has 1 amide bonds. The van der Waals surface area contributed by atoms with E-state index in [1.807, 2.05) is 6.07 Å². The molecule has 2 aromatic carbocycles. The van der Waals surface area contributed by atoms with Crippen molar-refractivity contribution in [3.63, 3.8) is 0 Å². The number of hydrogen-bond acceptors (Lipinski definition) is 4. The van der Waals surface area contributed by atoms with Crippen LogP contribution in [-0.2, 0) is 0 Å². The average Bonchev–Trinajstić information content (AvgIpc) is 2.43. The van der Waals surface area contributed by atoms with Crippen molar-refractivity contribution in [3.8, 4) is 5.75 Å². The van der Waals surface area contributed by atoms with Gasteiger partial charge < -0.3 is 10.4 Å². The highest BCUT2D eigenvalue weighted by Crippen LogP contribution is 2.28. The monoisotopic (exact) mass is 350 g/mol. The lowest BCUT2D eigenvalue weighted by molar-refractivity contribution is -0.384. The van der Waals surface area contributed by atoms with Crippen molar-refractivity contribution in [1.29, 1.82) is 0 Å². The van der Waals surface area contributed by atoms with Gasteiger partial charge in [0, 0.05) is 16.1 Å². The summed E-state index contributed by atoms with van der Waals surface area (Å²) < 4.78 is 0.756. The van der Waals surface area contributed by atoms with Gasteiger partial charge >= 0.3 is 0 Å². The first-order chi connectivity index (χ1) is 9.88. The van der Waals surface area contributed by atoms with Crippen molar-refractivity contribution in [2.24, 2.45) is 0 Å². The maximum Gasteiger partial charge on any atom is 0.273 e. The van der Waals surface area contributed by atoms with Crippen LogP contribution in [0.15, 0.2) is 40.9 Å². The highest BCUT2D eigenvalue weighted by molar-refractivity contribution is 9.10. The maximum absolute atomic E-state index is 12.2. The van der Waals surface area contributed by atoms with Crippen molar-refractivity contribution < 1.29 is 14.8 Å². The third kappa shape index (κ3) is 3.38. The van der Waals surface area contributed by atoms with E-state index in [9.17, 15) is 20.0 Å². The Morgan fingerprint density at radius 3 is 2.62 bits per heavy atom. The van der Waals surface area contributed by atoms with E-state index in [0.29, 0.717) is 5.56 Å². The zero-order valence-corrected chi connectivity index (χ0v) is 12.5. The van der Waals surface area contributed by atoms with Gasteiger partial charge in [-0.1, -0.05) is 22.0 Å². The molecule has 0 spiro atoms. The topological polar surface area (TPSA) is 92.5 Å². The number of carbonyl (C=O) groups is 1. The van der Waals surface area contributed by atoms with Crippen LogP contribution in [0, 0.1) is 17.0 Å². The Hall–Kier alpha value is -2.41. The lowest BCUT2D eigenvalue weighted by Crippen LogP contribution is -2.13. The fourth-order valence-corrected chi connectivity index (χ4v) is 2.13. The average molecular weight is 351 g/mol. The second-order valence-electron chi connectivity index (χ2n) is 4.37. The highest BCUT2D eigenvalue weighted by atomic mass is 79.9. The van der Waals surface area contributed by atoms with Crippen LogP contribution in [0.4, 0.5) is 11.4 Å². The second kappa shape index (κ2) is 5.92. The first-order valence-corrected chi connectivity index (χ1v) is 6.72. The molecular weight excluding hydrogens is 340 g/mol. The standard InChI is InChI=1S/C14H11BrN2O4/c1-8-2-3-9(15)6-11(8)14(19)16-12-5-4-10(17(20)21)7-13(12)18/h2-7,18H,1H3,(H,16,19). The van der Waals surface area contributed by atoms with E-state index < -0.39 is 10.8 Å². The number of hydrogen-bond donors (Lipinski definition) is 2. The molecule has 108 valence electrons. The fraction of sp³-hybridized carbons (Fsp3) is 0.0714. The number of nitrogens with zero attached hydrogens (tertiary/aromatic N) is 1. The number of nitrogens with one attached hydrogen (secondary N) is 1. The molecule has 0 saturated heterocycles. The van der Waals surface area contributed by atoms with E-state index in [0.717, 1.165) is 16.1 Å². The van der Waals surface area contributed by atoms with E-state index in [2.05, 4.69) is 21.2 Å². The van der Waals surface area contributed by atoms with Gasteiger partial charge in [0.15, 0.2) is 0 Å². The Bertz CT molecular complexity index is 731. The van der Waals surface area contributed by atoms with Gasteiger partial charge in [0.2, 0.25) is 0 Å². The fourth-order valence-electron chi connectivity index (χ4n) is 1.77. The summed E-state index contributed by atoms with van der Waals surface area (Å²) in [6.07, 6.45) is 0. The Morgan fingerprint density at radius 1 is 1.29 bits per heavy atom. The van der Waals surface area contributed by atoms with Crippen molar-refractivity contribution in [3.05, 3.63) is 62.1 Å². The van der Waals surface area contributed by atoms with Crippen molar-refractivity contribution in [2.45, 2.75) is 6.92 Å². The molecule has 0 unspecified atom stereocenters. The number of non-ortho nitro benzene ring substituents is 1.